The Hall–Kier alpha value is -3.16. The van der Waals surface area contributed by atoms with Crippen LogP contribution in [0.1, 0.15) is 47.3 Å². The number of amides is 2. The van der Waals surface area contributed by atoms with Crippen LogP contribution in [0.3, 0.4) is 0 Å². The molecule has 4 heterocycles. The van der Waals surface area contributed by atoms with Gasteiger partial charge in [-0.2, -0.15) is 5.10 Å². The fourth-order valence-electron chi connectivity index (χ4n) is 3.25. The van der Waals surface area contributed by atoms with Gasteiger partial charge in [0.05, 0.1) is 11.9 Å². The van der Waals surface area contributed by atoms with Crippen LogP contribution >= 0.6 is 0 Å². The average molecular weight is 352 g/mol. The van der Waals surface area contributed by atoms with E-state index in [1.807, 2.05) is 23.6 Å². The summed E-state index contributed by atoms with van der Waals surface area (Å²) in [6.07, 6.45) is 4.19. The van der Waals surface area contributed by atoms with Crippen LogP contribution in [0.15, 0.2) is 30.6 Å². The molecule has 3 aromatic heterocycles. The van der Waals surface area contributed by atoms with E-state index in [2.05, 4.69) is 27.6 Å². The predicted octanol–water partition coefficient (Wildman–Crippen LogP) is 2.20. The maximum absolute atomic E-state index is 12.6. The molecule has 0 bridgehead atoms. The molecule has 0 aliphatic carbocycles. The van der Waals surface area contributed by atoms with Gasteiger partial charge in [-0.3, -0.25) is 14.3 Å². The van der Waals surface area contributed by atoms with Crippen molar-refractivity contribution in [3.63, 3.8) is 0 Å². The fourth-order valence-corrected chi connectivity index (χ4v) is 3.25. The number of hydrogen-bond acceptors (Lipinski definition) is 4. The highest BCUT2D eigenvalue weighted by Gasteiger charge is 2.24. The highest BCUT2D eigenvalue weighted by molar-refractivity contribution is 6.04. The van der Waals surface area contributed by atoms with Crippen LogP contribution in [0.4, 0.5) is 5.69 Å². The summed E-state index contributed by atoms with van der Waals surface area (Å²) < 4.78 is 3.66. The number of fused-ring (bicyclic) bond motifs is 3. The van der Waals surface area contributed by atoms with Crippen molar-refractivity contribution in [2.24, 2.45) is 0 Å². The molecule has 26 heavy (non-hydrogen) atoms. The van der Waals surface area contributed by atoms with Gasteiger partial charge in [-0.1, -0.05) is 0 Å². The van der Waals surface area contributed by atoms with E-state index in [-0.39, 0.29) is 17.9 Å². The number of nitrogens with one attached hydrogen (secondary N) is 2. The van der Waals surface area contributed by atoms with Gasteiger partial charge in [0.25, 0.3) is 11.8 Å². The summed E-state index contributed by atoms with van der Waals surface area (Å²) in [7, 11) is 0. The molecule has 2 amide bonds. The van der Waals surface area contributed by atoms with Gasteiger partial charge in [-0.05, 0) is 38.5 Å². The van der Waals surface area contributed by atoms with E-state index in [9.17, 15) is 9.59 Å². The molecule has 0 fully saturated rings. The second kappa shape index (κ2) is 6.29. The maximum atomic E-state index is 12.6. The predicted molar refractivity (Wildman–Crippen MR) is 97.2 cm³/mol. The highest BCUT2D eigenvalue weighted by atomic mass is 16.2. The third-order valence-corrected chi connectivity index (χ3v) is 4.65. The molecule has 134 valence electrons. The van der Waals surface area contributed by atoms with E-state index in [1.54, 1.807) is 23.1 Å². The van der Waals surface area contributed by atoms with Gasteiger partial charge in [-0.15, -0.1) is 0 Å². The summed E-state index contributed by atoms with van der Waals surface area (Å²) in [6, 6.07) is 5.44. The van der Waals surface area contributed by atoms with Gasteiger partial charge < -0.3 is 15.2 Å². The van der Waals surface area contributed by atoms with Crippen LogP contribution in [0, 0.1) is 0 Å². The molecular weight excluding hydrogens is 332 g/mol. The van der Waals surface area contributed by atoms with Gasteiger partial charge in [0.1, 0.15) is 17.0 Å². The lowest BCUT2D eigenvalue weighted by atomic mass is 10.2. The largest absolute Gasteiger partial charge is 0.351 e. The number of hydrogen-bond donors (Lipinski definition) is 2. The molecule has 8 heteroatoms. The molecule has 0 saturated heterocycles. The van der Waals surface area contributed by atoms with Crippen molar-refractivity contribution in [1.29, 1.82) is 0 Å². The first kappa shape index (κ1) is 16.3. The Bertz CT molecular complexity index is 1000. The fraction of sp³-hybridized carbons (Fsp3) is 0.333. The van der Waals surface area contributed by atoms with Crippen LogP contribution in [0.2, 0.25) is 0 Å². The van der Waals surface area contributed by atoms with Crippen LogP contribution in [0.25, 0.3) is 11.0 Å². The lowest BCUT2D eigenvalue weighted by molar-refractivity contribution is 0.0950. The van der Waals surface area contributed by atoms with E-state index in [0.717, 1.165) is 18.4 Å². The zero-order valence-electron chi connectivity index (χ0n) is 14.7. The van der Waals surface area contributed by atoms with Crippen molar-refractivity contribution >= 4 is 28.5 Å². The summed E-state index contributed by atoms with van der Waals surface area (Å²) in [6.45, 7) is 5.39. The number of aryl methyl sites for hydroxylation is 1. The first-order valence-corrected chi connectivity index (χ1v) is 8.71. The third-order valence-electron chi connectivity index (χ3n) is 4.65. The molecule has 1 aliphatic rings. The number of carbonyl (C=O) groups is 2. The lowest BCUT2D eigenvalue weighted by Gasteiger charge is -2.13. The van der Waals surface area contributed by atoms with E-state index in [1.165, 1.54) is 0 Å². The Morgan fingerprint density at radius 1 is 1.42 bits per heavy atom. The Labute approximate surface area is 150 Å². The van der Waals surface area contributed by atoms with Crippen molar-refractivity contribution < 1.29 is 9.59 Å². The number of anilines is 1. The van der Waals surface area contributed by atoms with Gasteiger partial charge in [0.15, 0.2) is 0 Å². The number of aromatic nitrogens is 4. The van der Waals surface area contributed by atoms with Gasteiger partial charge >= 0.3 is 0 Å². The van der Waals surface area contributed by atoms with Crippen molar-refractivity contribution in [3.8, 4) is 0 Å². The summed E-state index contributed by atoms with van der Waals surface area (Å²) >= 11 is 0. The second-order valence-electron chi connectivity index (χ2n) is 6.44. The minimum absolute atomic E-state index is 0.106. The van der Waals surface area contributed by atoms with E-state index in [4.69, 9.17) is 0 Å². The first-order valence-electron chi connectivity index (χ1n) is 8.71. The second-order valence-corrected chi connectivity index (χ2v) is 6.44. The van der Waals surface area contributed by atoms with E-state index in [0.29, 0.717) is 29.3 Å². The third kappa shape index (κ3) is 2.73. The molecular formula is C18H20N6O2. The molecule has 4 rings (SSSR count). The van der Waals surface area contributed by atoms with Gasteiger partial charge in [0, 0.05) is 30.7 Å². The van der Waals surface area contributed by atoms with Crippen molar-refractivity contribution in [2.75, 3.05) is 11.9 Å². The van der Waals surface area contributed by atoms with Crippen molar-refractivity contribution in [2.45, 2.75) is 32.9 Å². The van der Waals surface area contributed by atoms with Crippen LogP contribution < -0.4 is 10.6 Å². The monoisotopic (exact) mass is 352 g/mol. The standard InChI is InChI=1S/C18H20N6O2/c1-3-23-10-13(9-20-23)21-17(25)14-5-4-12-8-15-18(26)19-7-6-11(2)24(15)16(12)22-14/h4-5,8-11H,3,6-7H2,1-2H3,(H,19,26)(H,21,25). The smallest absolute Gasteiger partial charge is 0.274 e. The molecule has 1 atom stereocenters. The SMILES string of the molecule is CCn1cc(NC(=O)c2ccc3cc4n(c3n2)C(C)CCNC4=O)cn1. The molecule has 0 spiro atoms. The number of rotatable bonds is 3. The van der Waals surface area contributed by atoms with Crippen LogP contribution in [0.5, 0.6) is 0 Å². The van der Waals surface area contributed by atoms with Crippen LogP contribution in [-0.4, -0.2) is 37.7 Å². The quantitative estimate of drug-likeness (QED) is 0.756. The average Bonchev–Trinajstić information content (AvgIpc) is 3.21. The Balaban J connectivity index is 1.70. The number of nitrogens with zero attached hydrogens (tertiary/aromatic N) is 4. The van der Waals surface area contributed by atoms with Crippen molar-refractivity contribution in [1.82, 2.24) is 24.6 Å². The lowest BCUT2D eigenvalue weighted by Crippen LogP contribution is -2.22. The van der Waals surface area contributed by atoms with Crippen molar-refractivity contribution in [3.05, 3.63) is 42.0 Å². The summed E-state index contributed by atoms with van der Waals surface area (Å²) in [5.74, 6) is -0.408. The zero-order chi connectivity index (χ0) is 18.3. The summed E-state index contributed by atoms with van der Waals surface area (Å²) in [4.78, 5) is 29.4. The molecule has 1 aliphatic heterocycles. The normalized spacial score (nSPS) is 16.8. The van der Waals surface area contributed by atoms with Crippen LogP contribution in [-0.2, 0) is 6.54 Å². The van der Waals surface area contributed by atoms with E-state index >= 15 is 0 Å². The molecule has 0 radical (unpaired) electrons. The zero-order valence-corrected chi connectivity index (χ0v) is 14.7. The molecule has 3 aromatic rings. The number of carbonyl (C=O) groups excluding carboxylic acids is 2. The molecule has 2 N–H and O–H groups in total. The first-order chi connectivity index (χ1) is 12.6. The topological polar surface area (TPSA) is 93.8 Å². The minimum Gasteiger partial charge on any atom is -0.351 e. The molecule has 1 unspecified atom stereocenters. The van der Waals surface area contributed by atoms with Gasteiger partial charge in [-0.25, -0.2) is 4.98 Å². The van der Waals surface area contributed by atoms with E-state index < -0.39 is 0 Å². The van der Waals surface area contributed by atoms with Gasteiger partial charge in [0.2, 0.25) is 0 Å². The molecule has 0 aromatic carbocycles. The molecule has 0 saturated carbocycles. The Morgan fingerprint density at radius 3 is 3.04 bits per heavy atom. The highest BCUT2D eigenvalue weighted by Crippen LogP contribution is 2.26. The minimum atomic E-state index is -0.302. The molecule has 8 nitrogen and oxygen atoms in total. The Morgan fingerprint density at radius 2 is 2.27 bits per heavy atom. The maximum Gasteiger partial charge on any atom is 0.274 e. The summed E-state index contributed by atoms with van der Waals surface area (Å²) in [5.41, 5.74) is 2.17. The Kier molecular flexibility index (Phi) is 3.95. The number of pyridine rings is 1. The summed E-state index contributed by atoms with van der Waals surface area (Å²) in [5, 5.41) is 10.7.